The molecule has 2 aromatic carbocycles. The lowest BCUT2D eigenvalue weighted by Crippen LogP contribution is -2.44. The third-order valence-corrected chi connectivity index (χ3v) is 4.61. The minimum absolute atomic E-state index is 0.140. The highest BCUT2D eigenvalue weighted by Crippen LogP contribution is 2.41. The molecule has 0 spiro atoms. The number of carbonyl (C=O) groups is 2. The summed E-state index contributed by atoms with van der Waals surface area (Å²) in [5.41, 5.74) is 5.63. The predicted molar refractivity (Wildman–Crippen MR) is 118 cm³/mol. The summed E-state index contributed by atoms with van der Waals surface area (Å²) in [5.74, 6) is -0.432. The highest BCUT2D eigenvalue weighted by molar-refractivity contribution is 5.97. The van der Waals surface area contributed by atoms with Crippen molar-refractivity contribution in [3.05, 3.63) is 63.2 Å². The van der Waals surface area contributed by atoms with Gasteiger partial charge in [0.25, 0.3) is 11.6 Å². The number of aromatic hydroxyl groups is 1. The van der Waals surface area contributed by atoms with Gasteiger partial charge in [0.1, 0.15) is 5.75 Å². The van der Waals surface area contributed by atoms with E-state index in [2.05, 4.69) is 16.2 Å². The fraction of sp³-hybridized carbons (Fsp3) is 0.364. The Morgan fingerprint density at radius 3 is 1.81 bits per heavy atom. The molecule has 0 atom stereocenters. The first-order valence-electron chi connectivity index (χ1n) is 9.70. The molecule has 0 saturated heterocycles. The van der Waals surface area contributed by atoms with Gasteiger partial charge in [0.05, 0.1) is 4.92 Å². The fourth-order valence-electron chi connectivity index (χ4n) is 2.93. The lowest BCUT2D eigenvalue weighted by molar-refractivity contribution is -0.384. The molecule has 0 bridgehead atoms. The van der Waals surface area contributed by atoms with E-state index in [4.69, 9.17) is 0 Å². The maximum absolute atomic E-state index is 12.3. The maximum atomic E-state index is 12.3. The van der Waals surface area contributed by atoms with Crippen LogP contribution in [0.4, 0.5) is 16.2 Å². The number of non-ortho nitro benzene ring substituents is 1. The van der Waals surface area contributed by atoms with Crippen molar-refractivity contribution in [2.45, 2.75) is 52.4 Å². The average Bonchev–Trinajstić information content (AvgIpc) is 2.65. The average molecular weight is 428 g/mol. The second kappa shape index (κ2) is 8.63. The van der Waals surface area contributed by atoms with Gasteiger partial charge in [-0.25, -0.2) is 10.2 Å². The van der Waals surface area contributed by atoms with Crippen molar-refractivity contribution in [2.75, 3.05) is 5.32 Å². The van der Waals surface area contributed by atoms with Crippen molar-refractivity contribution in [1.82, 2.24) is 10.9 Å². The number of hydrogen-bond donors (Lipinski definition) is 4. The minimum Gasteiger partial charge on any atom is -0.507 e. The summed E-state index contributed by atoms with van der Waals surface area (Å²) in [6, 6.07) is 7.70. The van der Waals surface area contributed by atoms with Gasteiger partial charge in [0.2, 0.25) is 0 Å². The molecule has 31 heavy (non-hydrogen) atoms. The van der Waals surface area contributed by atoms with E-state index in [1.165, 1.54) is 24.3 Å². The molecule has 0 heterocycles. The van der Waals surface area contributed by atoms with Gasteiger partial charge < -0.3 is 10.4 Å². The SMILES string of the molecule is CC(C)(C)c1cc(NC(=O)NNC(=O)c2ccc([N+](=O)[O-])cc2)cc(C(C)(C)C)c1O. The fourth-order valence-corrected chi connectivity index (χ4v) is 2.93. The van der Waals surface area contributed by atoms with E-state index in [1.807, 2.05) is 41.5 Å². The summed E-state index contributed by atoms with van der Waals surface area (Å²) >= 11 is 0. The Labute approximate surface area is 181 Å². The minimum atomic E-state index is -0.680. The van der Waals surface area contributed by atoms with Crippen LogP contribution in [0.1, 0.15) is 63.0 Å². The molecular weight excluding hydrogens is 400 g/mol. The smallest absolute Gasteiger partial charge is 0.337 e. The molecule has 3 amide bonds. The molecule has 0 aliphatic carbocycles. The molecule has 0 aliphatic heterocycles. The number of carbonyl (C=O) groups excluding carboxylic acids is 2. The molecule has 9 nitrogen and oxygen atoms in total. The van der Waals surface area contributed by atoms with E-state index in [0.29, 0.717) is 16.8 Å². The summed E-state index contributed by atoms with van der Waals surface area (Å²) in [4.78, 5) is 34.6. The second-order valence-electron chi connectivity index (χ2n) is 9.26. The number of hydrogen-bond acceptors (Lipinski definition) is 5. The van der Waals surface area contributed by atoms with Crippen LogP contribution in [0.3, 0.4) is 0 Å². The highest BCUT2D eigenvalue weighted by atomic mass is 16.6. The number of phenols is 1. The summed E-state index contributed by atoms with van der Waals surface area (Å²) in [6.45, 7) is 11.8. The number of anilines is 1. The van der Waals surface area contributed by atoms with Crippen LogP contribution in [0.5, 0.6) is 5.75 Å². The number of benzene rings is 2. The number of amides is 3. The van der Waals surface area contributed by atoms with Gasteiger partial charge >= 0.3 is 6.03 Å². The quantitative estimate of drug-likeness (QED) is 0.327. The largest absolute Gasteiger partial charge is 0.507 e. The molecule has 9 heteroatoms. The Hall–Kier alpha value is -3.62. The topological polar surface area (TPSA) is 134 Å². The lowest BCUT2D eigenvalue weighted by Gasteiger charge is -2.28. The number of urea groups is 1. The van der Waals surface area contributed by atoms with Crippen LogP contribution in [-0.2, 0) is 10.8 Å². The Morgan fingerprint density at radius 2 is 1.39 bits per heavy atom. The molecule has 0 unspecified atom stereocenters. The first kappa shape index (κ1) is 23.7. The van der Waals surface area contributed by atoms with E-state index in [9.17, 15) is 24.8 Å². The maximum Gasteiger partial charge on any atom is 0.337 e. The van der Waals surface area contributed by atoms with Gasteiger partial charge in [-0.2, -0.15) is 0 Å². The van der Waals surface area contributed by atoms with E-state index in [-0.39, 0.29) is 27.8 Å². The number of rotatable bonds is 3. The Bertz CT molecular complexity index is 967. The summed E-state index contributed by atoms with van der Waals surface area (Å²) in [6.07, 6.45) is 0. The Balaban J connectivity index is 2.14. The molecule has 0 fully saturated rings. The molecule has 0 aromatic heterocycles. The van der Waals surface area contributed by atoms with Gasteiger partial charge in [-0.1, -0.05) is 41.5 Å². The molecule has 0 aliphatic rings. The standard InChI is InChI=1S/C22H28N4O5/c1-21(2,3)16-11-14(12-17(18(16)27)22(4,5)6)23-20(29)25-24-19(28)13-7-9-15(10-8-13)26(30)31/h7-12,27H,1-6H3,(H,24,28)(H2,23,25,29). The summed E-state index contributed by atoms with van der Waals surface area (Å²) < 4.78 is 0. The number of phenolic OH excluding ortho intramolecular Hbond substituents is 1. The van der Waals surface area contributed by atoms with Gasteiger partial charge in [-0.05, 0) is 35.1 Å². The van der Waals surface area contributed by atoms with Gasteiger partial charge in [-0.15, -0.1) is 0 Å². The third-order valence-electron chi connectivity index (χ3n) is 4.61. The number of hydrazine groups is 1. The first-order chi connectivity index (χ1) is 14.2. The zero-order chi connectivity index (χ0) is 23.6. The summed E-state index contributed by atoms with van der Waals surface area (Å²) in [7, 11) is 0. The molecule has 4 N–H and O–H groups in total. The Kier molecular flexibility index (Phi) is 6.58. The molecule has 0 saturated carbocycles. The zero-order valence-electron chi connectivity index (χ0n) is 18.5. The van der Waals surface area contributed by atoms with E-state index < -0.39 is 16.9 Å². The van der Waals surface area contributed by atoms with Crippen LogP contribution in [-0.4, -0.2) is 22.0 Å². The summed E-state index contributed by atoms with van der Waals surface area (Å²) in [5, 5.41) is 24.1. The zero-order valence-corrected chi connectivity index (χ0v) is 18.5. The Morgan fingerprint density at radius 1 is 0.903 bits per heavy atom. The van der Waals surface area contributed by atoms with Gasteiger partial charge in [0.15, 0.2) is 0 Å². The van der Waals surface area contributed by atoms with E-state index in [1.54, 1.807) is 12.1 Å². The van der Waals surface area contributed by atoms with Crippen molar-refractivity contribution in [2.24, 2.45) is 0 Å². The number of nitrogens with one attached hydrogen (secondary N) is 3. The van der Waals surface area contributed by atoms with Crippen LogP contribution in [0.15, 0.2) is 36.4 Å². The van der Waals surface area contributed by atoms with Crippen LogP contribution < -0.4 is 16.2 Å². The first-order valence-corrected chi connectivity index (χ1v) is 9.70. The van der Waals surface area contributed by atoms with Crippen molar-refractivity contribution in [1.29, 1.82) is 0 Å². The van der Waals surface area contributed by atoms with Crippen LogP contribution in [0.25, 0.3) is 0 Å². The van der Waals surface area contributed by atoms with Gasteiger partial charge in [-0.3, -0.25) is 20.3 Å². The third kappa shape index (κ3) is 5.94. The van der Waals surface area contributed by atoms with E-state index >= 15 is 0 Å². The van der Waals surface area contributed by atoms with Crippen molar-refractivity contribution >= 4 is 23.3 Å². The van der Waals surface area contributed by atoms with Crippen molar-refractivity contribution < 1.29 is 19.6 Å². The second-order valence-corrected chi connectivity index (χ2v) is 9.26. The van der Waals surface area contributed by atoms with Crippen molar-refractivity contribution in [3.63, 3.8) is 0 Å². The van der Waals surface area contributed by atoms with Crippen molar-refractivity contribution in [3.8, 4) is 5.75 Å². The predicted octanol–water partition coefficient (Wildman–Crippen LogP) is 4.36. The highest BCUT2D eigenvalue weighted by Gasteiger charge is 2.27. The van der Waals surface area contributed by atoms with E-state index in [0.717, 1.165) is 0 Å². The number of nitrogens with zero attached hydrogens (tertiary/aromatic N) is 1. The monoisotopic (exact) mass is 428 g/mol. The molecule has 2 aromatic rings. The van der Waals surface area contributed by atoms with Crippen LogP contribution >= 0.6 is 0 Å². The van der Waals surface area contributed by atoms with Gasteiger partial charge in [0, 0.05) is 34.5 Å². The lowest BCUT2D eigenvalue weighted by atomic mass is 9.79. The molecule has 0 radical (unpaired) electrons. The molecular formula is C22H28N4O5. The molecule has 2 rings (SSSR count). The normalized spacial score (nSPS) is 11.5. The van der Waals surface area contributed by atoms with Crippen LogP contribution in [0, 0.1) is 10.1 Å². The number of nitro benzene ring substituents is 1. The molecule has 166 valence electrons. The van der Waals surface area contributed by atoms with Crippen LogP contribution in [0.2, 0.25) is 0 Å². The number of nitro groups is 1.